The van der Waals surface area contributed by atoms with Gasteiger partial charge in [0.05, 0.1) is 19.1 Å². The molecule has 1 rings (SSSR count). The highest BCUT2D eigenvalue weighted by Gasteiger charge is 2.30. The van der Waals surface area contributed by atoms with Gasteiger partial charge in [-0.1, -0.05) is 0 Å². The van der Waals surface area contributed by atoms with Gasteiger partial charge in [0, 0.05) is 12.5 Å². The van der Waals surface area contributed by atoms with E-state index >= 15 is 0 Å². The quantitative estimate of drug-likeness (QED) is 0.798. The van der Waals surface area contributed by atoms with Crippen molar-refractivity contribution in [1.29, 1.82) is 0 Å². The maximum atomic E-state index is 11.6. The number of alkyl carbamates (subject to hydrolysis) is 1. The first kappa shape index (κ1) is 14.0. The minimum atomic E-state index is -0.531. The summed E-state index contributed by atoms with van der Waals surface area (Å²) >= 11 is 0. The van der Waals surface area contributed by atoms with Crippen LogP contribution in [-0.4, -0.2) is 36.7 Å². The highest BCUT2D eigenvalue weighted by molar-refractivity contribution is 5.83. The van der Waals surface area contributed by atoms with Crippen molar-refractivity contribution in [2.45, 2.75) is 45.8 Å². The van der Waals surface area contributed by atoms with Crippen LogP contribution in [0.25, 0.3) is 0 Å². The number of Topliss-reactive ketones (excluding diaryl/α,β-unsaturated/α-hetero) is 1. The van der Waals surface area contributed by atoms with Crippen LogP contribution in [0.4, 0.5) is 4.79 Å². The lowest BCUT2D eigenvalue weighted by Crippen LogP contribution is -2.46. The number of ether oxygens (including phenoxy) is 2. The first-order chi connectivity index (χ1) is 7.79. The molecule has 98 valence electrons. The molecule has 5 heteroatoms. The molecule has 17 heavy (non-hydrogen) atoms. The number of hydrogen-bond donors (Lipinski definition) is 1. The summed E-state index contributed by atoms with van der Waals surface area (Å²) in [7, 11) is 0. The van der Waals surface area contributed by atoms with Crippen molar-refractivity contribution in [1.82, 2.24) is 5.32 Å². The van der Waals surface area contributed by atoms with Gasteiger partial charge in [-0.05, 0) is 27.7 Å². The van der Waals surface area contributed by atoms with Crippen LogP contribution in [0.3, 0.4) is 0 Å². The molecule has 5 nitrogen and oxygen atoms in total. The first-order valence-electron chi connectivity index (χ1n) is 5.89. The van der Waals surface area contributed by atoms with E-state index in [1.807, 2.05) is 0 Å². The summed E-state index contributed by atoms with van der Waals surface area (Å²) in [5.41, 5.74) is -0.531. The van der Waals surface area contributed by atoms with Crippen LogP contribution < -0.4 is 5.32 Å². The van der Waals surface area contributed by atoms with Gasteiger partial charge in [0.1, 0.15) is 11.4 Å². The Morgan fingerprint density at radius 1 is 1.53 bits per heavy atom. The smallest absolute Gasteiger partial charge is 0.407 e. The van der Waals surface area contributed by atoms with E-state index in [9.17, 15) is 9.59 Å². The van der Waals surface area contributed by atoms with E-state index in [0.717, 1.165) is 0 Å². The largest absolute Gasteiger partial charge is 0.444 e. The standard InChI is InChI=1S/C12H21NO4/c1-8(9-7-16-6-5-10(9)14)13-11(15)17-12(2,3)4/h8-9H,5-7H2,1-4H3,(H,13,15). The molecular weight excluding hydrogens is 222 g/mol. The summed E-state index contributed by atoms with van der Waals surface area (Å²) in [6, 6.07) is -0.266. The molecule has 0 aliphatic carbocycles. The summed E-state index contributed by atoms with van der Waals surface area (Å²) in [6.45, 7) is 8.04. The Labute approximate surface area is 102 Å². The van der Waals surface area contributed by atoms with Gasteiger partial charge in [-0.3, -0.25) is 4.79 Å². The average Bonchev–Trinajstić information content (AvgIpc) is 2.14. The molecule has 0 aromatic heterocycles. The van der Waals surface area contributed by atoms with E-state index in [4.69, 9.17) is 9.47 Å². The highest BCUT2D eigenvalue weighted by Crippen LogP contribution is 2.15. The van der Waals surface area contributed by atoms with Crippen molar-refractivity contribution in [3.63, 3.8) is 0 Å². The van der Waals surface area contributed by atoms with Crippen molar-refractivity contribution in [2.75, 3.05) is 13.2 Å². The summed E-state index contributed by atoms with van der Waals surface area (Å²) < 4.78 is 10.4. The number of ketones is 1. The zero-order valence-corrected chi connectivity index (χ0v) is 10.9. The van der Waals surface area contributed by atoms with E-state index in [1.54, 1.807) is 27.7 Å². The molecule has 0 radical (unpaired) electrons. The average molecular weight is 243 g/mol. The molecule has 1 heterocycles. The topological polar surface area (TPSA) is 64.6 Å². The number of rotatable bonds is 2. The molecule has 1 aliphatic heterocycles. The summed E-state index contributed by atoms with van der Waals surface area (Å²) in [5, 5.41) is 2.67. The third-order valence-electron chi connectivity index (χ3n) is 2.55. The summed E-state index contributed by atoms with van der Waals surface area (Å²) in [4.78, 5) is 23.2. The van der Waals surface area contributed by atoms with E-state index in [2.05, 4.69) is 5.32 Å². The number of carbonyl (C=O) groups excluding carboxylic acids is 2. The maximum absolute atomic E-state index is 11.6. The monoisotopic (exact) mass is 243 g/mol. The summed E-state index contributed by atoms with van der Waals surface area (Å²) in [6.07, 6.45) is -0.0752. The molecule has 0 aromatic rings. The predicted molar refractivity (Wildman–Crippen MR) is 62.8 cm³/mol. The van der Waals surface area contributed by atoms with Crippen LogP contribution in [0.2, 0.25) is 0 Å². The van der Waals surface area contributed by atoms with E-state index in [-0.39, 0.29) is 17.7 Å². The van der Waals surface area contributed by atoms with Crippen LogP contribution >= 0.6 is 0 Å². The van der Waals surface area contributed by atoms with Crippen molar-refractivity contribution >= 4 is 11.9 Å². The fourth-order valence-electron chi connectivity index (χ4n) is 1.68. The minimum absolute atomic E-state index is 0.139. The molecule has 1 fully saturated rings. The SMILES string of the molecule is CC(NC(=O)OC(C)(C)C)C1COCCC1=O. The van der Waals surface area contributed by atoms with Crippen molar-refractivity contribution < 1.29 is 19.1 Å². The number of carbonyl (C=O) groups is 2. The van der Waals surface area contributed by atoms with E-state index < -0.39 is 11.7 Å². The zero-order valence-electron chi connectivity index (χ0n) is 10.9. The molecule has 0 aromatic carbocycles. The van der Waals surface area contributed by atoms with E-state index in [0.29, 0.717) is 19.6 Å². The molecule has 1 aliphatic rings. The Morgan fingerprint density at radius 2 is 2.18 bits per heavy atom. The van der Waals surface area contributed by atoms with Crippen molar-refractivity contribution in [3.05, 3.63) is 0 Å². The highest BCUT2D eigenvalue weighted by atomic mass is 16.6. The lowest BCUT2D eigenvalue weighted by Gasteiger charge is -2.28. The number of nitrogens with one attached hydrogen (secondary N) is 1. The lowest BCUT2D eigenvalue weighted by molar-refractivity contribution is -0.131. The van der Waals surface area contributed by atoms with Gasteiger partial charge >= 0.3 is 6.09 Å². The Balaban J connectivity index is 2.45. The molecule has 0 spiro atoms. The Morgan fingerprint density at radius 3 is 2.71 bits per heavy atom. The van der Waals surface area contributed by atoms with Gasteiger partial charge in [0.2, 0.25) is 0 Å². The van der Waals surface area contributed by atoms with Gasteiger partial charge in [-0.15, -0.1) is 0 Å². The van der Waals surface area contributed by atoms with Crippen molar-refractivity contribution in [2.24, 2.45) is 5.92 Å². The molecule has 2 unspecified atom stereocenters. The third kappa shape index (κ3) is 4.73. The molecule has 0 saturated carbocycles. The second-order valence-electron chi connectivity index (χ2n) is 5.33. The van der Waals surface area contributed by atoms with Crippen molar-refractivity contribution in [3.8, 4) is 0 Å². The Kier molecular flexibility index (Phi) is 4.51. The normalized spacial score (nSPS) is 23.1. The van der Waals surface area contributed by atoms with Crippen LogP contribution in [0, 0.1) is 5.92 Å². The summed E-state index contributed by atoms with van der Waals surface area (Å²) in [5.74, 6) is -0.129. The maximum Gasteiger partial charge on any atom is 0.407 e. The predicted octanol–water partition coefficient (Wildman–Crippen LogP) is 1.51. The molecular formula is C12H21NO4. The number of amides is 1. The van der Waals surface area contributed by atoms with Gasteiger partial charge in [-0.2, -0.15) is 0 Å². The minimum Gasteiger partial charge on any atom is -0.444 e. The fraction of sp³-hybridized carbons (Fsp3) is 0.833. The molecule has 1 amide bonds. The van der Waals surface area contributed by atoms with Gasteiger partial charge in [-0.25, -0.2) is 4.79 Å². The fourth-order valence-corrected chi connectivity index (χ4v) is 1.68. The number of hydrogen-bond acceptors (Lipinski definition) is 4. The third-order valence-corrected chi connectivity index (χ3v) is 2.55. The second kappa shape index (κ2) is 5.49. The van der Waals surface area contributed by atoms with Crippen LogP contribution in [0.5, 0.6) is 0 Å². The molecule has 0 bridgehead atoms. The second-order valence-corrected chi connectivity index (χ2v) is 5.33. The van der Waals surface area contributed by atoms with Gasteiger partial charge < -0.3 is 14.8 Å². The van der Waals surface area contributed by atoms with Gasteiger partial charge in [0.15, 0.2) is 0 Å². The Bertz CT molecular complexity index is 295. The van der Waals surface area contributed by atoms with Gasteiger partial charge in [0.25, 0.3) is 0 Å². The molecule has 1 N–H and O–H groups in total. The van der Waals surface area contributed by atoms with Crippen LogP contribution in [0.1, 0.15) is 34.1 Å². The van der Waals surface area contributed by atoms with Crippen LogP contribution in [0.15, 0.2) is 0 Å². The molecule has 1 saturated heterocycles. The lowest BCUT2D eigenvalue weighted by atomic mass is 9.94. The van der Waals surface area contributed by atoms with Crippen LogP contribution in [-0.2, 0) is 14.3 Å². The molecule has 2 atom stereocenters. The zero-order chi connectivity index (χ0) is 13.1. The Hall–Kier alpha value is -1.10. The first-order valence-corrected chi connectivity index (χ1v) is 5.89. The van der Waals surface area contributed by atoms with E-state index in [1.165, 1.54) is 0 Å².